The van der Waals surface area contributed by atoms with Gasteiger partial charge in [-0.1, -0.05) is 0 Å². The molecule has 5 heteroatoms. The fourth-order valence-corrected chi connectivity index (χ4v) is 4.65. The van der Waals surface area contributed by atoms with Crippen molar-refractivity contribution < 1.29 is 19.4 Å². The normalized spacial score (nSPS) is 14.3. The Bertz CT molecular complexity index is 644. The number of hydrogen-bond acceptors (Lipinski definition) is 2. The van der Waals surface area contributed by atoms with Gasteiger partial charge in [0.15, 0.2) is 0 Å². The molecule has 2 rings (SSSR count). The first-order valence-electron chi connectivity index (χ1n) is 8.78. The summed E-state index contributed by atoms with van der Waals surface area (Å²) >= 11 is -0.311. The van der Waals surface area contributed by atoms with Crippen LogP contribution in [-0.2, 0) is 23.1 Å². The van der Waals surface area contributed by atoms with Crippen LogP contribution in [0, 0.1) is 0 Å². The van der Waals surface area contributed by atoms with Crippen molar-refractivity contribution in [3.63, 3.8) is 0 Å². The van der Waals surface area contributed by atoms with Crippen LogP contribution in [0.15, 0.2) is 42.0 Å². The zero-order valence-corrected chi connectivity index (χ0v) is 20.3. The summed E-state index contributed by atoms with van der Waals surface area (Å²) in [5.74, 6) is 0. The Morgan fingerprint density at radius 3 is 2.23 bits per heavy atom. The quantitative estimate of drug-likeness (QED) is 0.603. The van der Waals surface area contributed by atoms with E-state index in [1.54, 1.807) is 0 Å². The van der Waals surface area contributed by atoms with Gasteiger partial charge in [0.25, 0.3) is 0 Å². The molecule has 0 fully saturated rings. The van der Waals surface area contributed by atoms with Gasteiger partial charge < -0.3 is 0 Å². The predicted molar refractivity (Wildman–Crippen MR) is 116 cm³/mol. The van der Waals surface area contributed by atoms with E-state index < -0.39 is 0 Å². The smallest absolute Gasteiger partial charge is 0.147 e. The minimum absolute atomic E-state index is 0. The summed E-state index contributed by atoms with van der Waals surface area (Å²) < 4.78 is 4.02. The molecule has 0 spiro atoms. The third-order valence-corrected chi connectivity index (χ3v) is 6.95. The second kappa shape index (κ2) is 10.5. The van der Waals surface area contributed by atoms with Crippen molar-refractivity contribution in [2.24, 2.45) is 0 Å². The van der Waals surface area contributed by atoms with Crippen molar-refractivity contribution in [1.29, 1.82) is 0 Å². The SMILES string of the molecule is CN(C)CC1=C(c2ccccc2[C](C)(C)[Ti][NH]C(C)(C)C)CC=C1.Cl.Cl. The van der Waals surface area contributed by atoms with Gasteiger partial charge in [0.1, 0.15) is 0 Å². The van der Waals surface area contributed by atoms with Crippen LogP contribution in [0.5, 0.6) is 0 Å². The molecule has 0 heterocycles. The van der Waals surface area contributed by atoms with Crippen molar-refractivity contribution in [1.82, 2.24) is 8.70 Å². The third kappa shape index (κ3) is 7.15. The zero-order chi connectivity index (χ0) is 18.0. The number of rotatable bonds is 6. The molecule has 146 valence electrons. The summed E-state index contributed by atoms with van der Waals surface area (Å²) in [6, 6.07) is 9.03. The summed E-state index contributed by atoms with van der Waals surface area (Å²) in [5.41, 5.74) is 6.11. The molecule has 2 nitrogen and oxygen atoms in total. The molecule has 0 aromatic heterocycles. The van der Waals surface area contributed by atoms with Gasteiger partial charge in [-0.05, 0) is 0 Å². The van der Waals surface area contributed by atoms with Crippen molar-refractivity contribution in [3.8, 4) is 0 Å². The molecule has 0 unspecified atom stereocenters. The first-order chi connectivity index (χ1) is 11.1. The minimum atomic E-state index is -0.311. The summed E-state index contributed by atoms with van der Waals surface area (Å²) in [5, 5.41) is 0. The van der Waals surface area contributed by atoms with Crippen LogP contribution in [-0.4, -0.2) is 31.1 Å². The molecule has 0 saturated carbocycles. The van der Waals surface area contributed by atoms with E-state index in [0.29, 0.717) is 0 Å². The molecule has 1 N–H and O–H groups in total. The molecule has 0 amide bonds. The summed E-state index contributed by atoms with van der Waals surface area (Å²) in [7, 11) is 4.29. The van der Waals surface area contributed by atoms with Gasteiger partial charge >= 0.3 is 158 Å². The molecule has 1 aliphatic rings. The van der Waals surface area contributed by atoms with E-state index in [1.165, 1.54) is 22.3 Å². The molecule has 0 saturated heterocycles. The van der Waals surface area contributed by atoms with Crippen LogP contribution in [0.2, 0.25) is 0 Å². The molecule has 1 aliphatic carbocycles. The molecule has 26 heavy (non-hydrogen) atoms. The number of benzene rings is 1. The number of likely N-dealkylation sites (N-methyl/N-ethyl adjacent to an activating group) is 1. The van der Waals surface area contributed by atoms with Crippen LogP contribution in [0.4, 0.5) is 0 Å². The number of hydrogen-bond donors (Lipinski definition) is 1. The Morgan fingerprint density at radius 2 is 1.65 bits per heavy atom. The maximum atomic E-state index is 3.81. The Balaban J connectivity index is 0.00000312. The van der Waals surface area contributed by atoms with E-state index in [2.05, 4.69) is 93.8 Å². The van der Waals surface area contributed by atoms with E-state index in [9.17, 15) is 0 Å². The maximum Gasteiger partial charge on any atom is -0.147 e. The predicted octanol–water partition coefficient (Wildman–Crippen LogP) is 5.43. The van der Waals surface area contributed by atoms with E-state index in [4.69, 9.17) is 0 Å². The third-order valence-electron chi connectivity index (χ3n) is 4.19. The molecule has 1 aromatic rings. The average molecular weight is 433 g/mol. The number of nitrogens with zero attached hydrogens (tertiary/aromatic N) is 1. The molecular weight excluding hydrogens is 399 g/mol. The number of nitrogens with one attached hydrogen (secondary N) is 1. The topological polar surface area (TPSA) is 15.3 Å². The van der Waals surface area contributed by atoms with Gasteiger partial charge in [0.05, 0.1) is 0 Å². The largest absolute Gasteiger partial charge is 0.147 e. The van der Waals surface area contributed by atoms with Gasteiger partial charge in [0.2, 0.25) is 0 Å². The first kappa shape index (κ1) is 25.9. The Morgan fingerprint density at radius 1 is 1.04 bits per heavy atom. The first-order valence-corrected chi connectivity index (χ1v) is 10.3. The van der Waals surface area contributed by atoms with Crippen LogP contribution >= 0.6 is 24.8 Å². The molecule has 0 atom stereocenters. The molecular formula is C21H34Cl2N2Ti. The monoisotopic (exact) mass is 432 g/mol. The Labute approximate surface area is 181 Å². The summed E-state index contributed by atoms with van der Waals surface area (Å²) in [4.78, 5) is 2.26. The second-order valence-electron chi connectivity index (χ2n) is 8.52. The van der Waals surface area contributed by atoms with E-state index in [1.807, 2.05) is 0 Å². The van der Waals surface area contributed by atoms with Crippen LogP contribution < -0.4 is 3.80 Å². The van der Waals surface area contributed by atoms with Gasteiger partial charge in [-0.25, -0.2) is 0 Å². The Kier molecular flexibility index (Phi) is 10.4. The standard InChI is InChI=1S/C17H22N.C4H10N.2ClH.Ti/c1-13(2)15-9-5-6-10-17(15)16-11-7-8-14(16)12-18(3)4;1-4(2,3)5;;;/h5-10H,11-12H2,1-4H3;5H,1-3H3;2*1H;/q;-1;;;+1. The minimum Gasteiger partial charge on any atom is -0.147 e. The van der Waals surface area contributed by atoms with Crippen molar-refractivity contribution >= 4 is 30.4 Å². The summed E-state index contributed by atoms with van der Waals surface area (Å²) in [6.45, 7) is 12.6. The van der Waals surface area contributed by atoms with Crippen molar-refractivity contribution in [2.45, 2.75) is 50.3 Å². The van der Waals surface area contributed by atoms with Crippen LogP contribution in [0.25, 0.3) is 5.57 Å². The van der Waals surface area contributed by atoms with E-state index in [-0.39, 0.29) is 53.5 Å². The second-order valence-corrected chi connectivity index (χ2v) is 11.3. The van der Waals surface area contributed by atoms with Gasteiger partial charge in [-0.2, -0.15) is 0 Å². The maximum absolute atomic E-state index is 3.81. The molecule has 0 radical (unpaired) electrons. The fourth-order valence-electron chi connectivity index (χ4n) is 3.02. The average Bonchev–Trinajstić information content (AvgIpc) is 2.92. The van der Waals surface area contributed by atoms with Crippen molar-refractivity contribution in [2.75, 3.05) is 20.6 Å². The molecule has 0 bridgehead atoms. The van der Waals surface area contributed by atoms with E-state index >= 15 is 0 Å². The zero-order valence-electron chi connectivity index (χ0n) is 17.1. The number of halogens is 2. The van der Waals surface area contributed by atoms with Gasteiger partial charge in [-0.15, -0.1) is 24.8 Å². The van der Waals surface area contributed by atoms with Gasteiger partial charge in [0, 0.05) is 0 Å². The fraction of sp³-hybridized carbons (Fsp3) is 0.524. The van der Waals surface area contributed by atoms with E-state index in [0.717, 1.165) is 13.0 Å². The Hall–Kier alpha value is -0.0857. The van der Waals surface area contributed by atoms with Crippen LogP contribution in [0.1, 0.15) is 52.2 Å². The van der Waals surface area contributed by atoms with Crippen molar-refractivity contribution in [3.05, 3.63) is 53.1 Å². The number of allylic oxidation sites excluding steroid dienone is 2. The van der Waals surface area contributed by atoms with Crippen LogP contribution in [0.3, 0.4) is 0 Å². The summed E-state index contributed by atoms with van der Waals surface area (Å²) in [6.07, 6.45) is 5.67. The molecule has 0 aliphatic heterocycles. The van der Waals surface area contributed by atoms with Gasteiger partial charge in [-0.3, -0.25) is 0 Å². The molecule has 1 aromatic carbocycles.